The molecule has 2 aliphatic rings. The Morgan fingerprint density at radius 3 is 2.68 bits per heavy atom. The van der Waals surface area contributed by atoms with Gasteiger partial charge in [0.15, 0.2) is 0 Å². The highest BCUT2D eigenvalue weighted by atomic mass is 16.5. The molecule has 0 spiro atoms. The molecule has 1 saturated carbocycles. The van der Waals surface area contributed by atoms with Gasteiger partial charge < -0.3 is 15.4 Å². The molecule has 0 aromatic rings. The van der Waals surface area contributed by atoms with Crippen LogP contribution in [0.2, 0.25) is 0 Å². The van der Waals surface area contributed by atoms with Crippen LogP contribution < -0.4 is 10.6 Å². The maximum Gasteiger partial charge on any atom is 0.227 e. The highest BCUT2D eigenvalue weighted by Crippen LogP contribution is 2.35. The second-order valence-electron chi connectivity index (χ2n) is 6.40. The molecule has 2 atom stereocenters. The SMILES string of the molecule is CCNC1COCC1C(=O)NCC1(C)CCCCC1. The van der Waals surface area contributed by atoms with Crippen molar-refractivity contribution in [3.63, 3.8) is 0 Å². The van der Waals surface area contributed by atoms with E-state index in [0.717, 1.165) is 13.1 Å². The maximum atomic E-state index is 12.3. The minimum Gasteiger partial charge on any atom is -0.379 e. The van der Waals surface area contributed by atoms with E-state index in [1.165, 1.54) is 32.1 Å². The molecule has 0 bridgehead atoms. The zero-order chi connectivity index (χ0) is 13.7. The lowest BCUT2D eigenvalue weighted by atomic mass is 9.75. The van der Waals surface area contributed by atoms with Crippen LogP contribution >= 0.6 is 0 Å². The average Bonchev–Trinajstić information content (AvgIpc) is 2.86. The minimum absolute atomic E-state index is 0.0212. The van der Waals surface area contributed by atoms with Crippen LogP contribution in [0.3, 0.4) is 0 Å². The van der Waals surface area contributed by atoms with Gasteiger partial charge in [-0.05, 0) is 24.8 Å². The number of hydrogen-bond acceptors (Lipinski definition) is 3. The molecule has 0 aromatic heterocycles. The van der Waals surface area contributed by atoms with Gasteiger partial charge in [0.2, 0.25) is 5.91 Å². The molecule has 2 unspecified atom stereocenters. The molecule has 2 N–H and O–H groups in total. The molecule has 4 nitrogen and oxygen atoms in total. The fourth-order valence-corrected chi connectivity index (χ4v) is 3.29. The Morgan fingerprint density at radius 1 is 1.26 bits per heavy atom. The topological polar surface area (TPSA) is 50.4 Å². The van der Waals surface area contributed by atoms with Gasteiger partial charge in [-0.15, -0.1) is 0 Å². The predicted molar refractivity (Wildman–Crippen MR) is 76.0 cm³/mol. The molecule has 19 heavy (non-hydrogen) atoms. The first-order chi connectivity index (χ1) is 9.14. The van der Waals surface area contributed by atoms with E-state index >= 15 is 0 Å². The number of nitrogens with one attached hydrogen (secondary N) is 2. The van der Waals surface area contributed by atoms with Crippen molar-refractivity contribution in [2.45, 2.75) is 52.0 Å². The Morgan fingerprint density at radius 2 is 2.00 bits per heavy atom. The Balaban J connectivity index is 1.80. The molecule has 1 amide bonds. The van der Waals surface area contributed by atoms with Crippen LogP contribution in [-0.4, -0.2) is 38.3 Å². The number of amides is 1. The quantitative estimate of drug-likeness (QED) is 0.798. The van der Waals surface area contributed by atoms with Crippen LogP contribution in [-0.2, 0) is 9.53 Å². The molecule has 2 fully saturated rings. The zero-order valence-electron chi connectivity index (χ0n) is 12.3. The van der Waals surface area contributed by atoms with Gasteiger partial charge in [0.25, 0.3) is 0 Å². The fourth-order valence-electron chi connectivity index (χ4n) is 3.29. The van der Waals surface area contributed by atoms with Gasteiger partial charge in [0.05, 0.1) is 19.1 Å². The van der Waals surface area contributed by atoms with E-state index < -0.39 is 0 Å². The molecule has 1 heterocycles. The van der Waals surface area contributed by atoms with E-state index in [0.29, 0.717) is 18.6 Å². The zero-order valence-corrected chi connectivity index (χ0v) is 12.3. The minimum atomic E-state index is -0.0212. The first kappa shape index (κ1) is 14.8. The molecule has 110 valence electrons. The highest BCUT2D eigenvalue weighted by Gasteiger charge is 2.35. The summed E-state index contributed by atoms with van der Waals surface area (Å²) >= 11 is 0. The lowest BCUT2D eigenvalue weighted by Crippen LogP contribution is -2.46. The Labute approximate surface area is 116 Å². The average molecular weight is 268 g/mol. The van der Waals surface area contributed by atoms with Crippen LogP contribution in [0, 0.1) is 11.3 Å². The van der Waals surface area contributed by atoms with Gasteiger partial charge in [0.1, 0.15) is 0 Å². The summed E-state index contributed by atoms with van der Waals surface area (Å²) in [5, 5.41) is 6.50. The van der Waals surface area contributed by atoms with E-state index in [-0.39, 0.29) is 17.9 Å². The molecule has 1 saturated heterocycles. The maximum absolute atomic E-state index is 12.3. The van der Waals surface area contributed by atoms with Crippen LogP contribution in [0.25, 0.3) is 0 Å². The van der Waals surface area contributed by atoms with Crippen molar-refractivity contribution in [1.82, 2.24) is 10.6 Å². The molecular formula is C15H28N2O2. The second kappa shape index (κ2) is 6.71. The lowest BCUT2D eigenvalue weighted by Gasteiger charge is -2.34. The number of likely N-dealkylation sites (N-methyl/N-ethyl adjacent to an activating group) is 1. The van der Waals surface area contributed by atoms with Gasteiger partial charge in [0, 0.05) is 12.6 Å². The molecule has 4 heteroatoms. The summed E-state index contributed by atoms with van der Waals surface area (Å²) in [6, 6.07) is 0.184. The van der Waals surface area contributed by atoms with Crippen molar-refractivity contribution >= 4 is 5.91 Å². The summed E-state index contributed by atoms with van der Waals surface area (Å²) in [7, 11) is 0. The number of rotatable bonds is 5. The van der Waals surface area contributed by atoms with Crippen molar-refractivity contribution in [3.05, 3.63) is 0 Å². The fraction of sp³-hybridized carbons (Fsp3) is 0.933. The molecule has 1 aliphatic heterocycles. The van der Waals surface area contributed by atoms with Crippen LogP contribution in [0.15, 0.2) is 0 Å². The van der Waals surface area contributed by atoms with Crippen LogP contribution in [0.5, 0.6) is 0 Å². The summed E-state index contributed by atoms with van der Waals surface area (Å²) in [5.74, 6) is 0.141. The Hall–Kier alpha value is -0.610. The van der Waals surface area contributed by atoms with E-state index in [9.17, 15) is 4.79 Å². The molecule has 1 aliphatic carbocycles. The molecule has 2 rings (SSSR count). The van der Waals surface area contributed by atoms with Gasteiger partial charge in [-0.2, -0.15) is 0 Å². The second-order valence-corrected chi connectivity index (χ2v) is 6.40. The van der Waals surface area contributed by atoms with Crippen molar-refractivity contribution in [1.29, 1.82) is 0 Å². The van der Waals surface area contributed by atoms with Crippen molar-refractivity contribution in [2.75, 3.05) is 26.3 Å². The van der Waals surface area contributed by atoms with Gasteiger partial charge in [-0.1, -0.05) is 33.1 Å². The largest absolute Gasteiger partial charge is 0.379 e. The highest BCUT2D eigenvalue weighted by molar-refractivity contribution is 5.79. The predicted octanol–water partition coefficient (Wildman–Crippen LogP) is 1.70. The van der Waals surface area contributed by atoms with Crippen molar-refractivity contribution in [3.8, 4) is 0 Å². The number of carbonyl (C=O) groups is 1. The smallest absolute Gasteiger partial charge is 0.227 e. The summed E-state index contributed by atoms with van der Waals surface area (Å²) in [5.41, 5.74) is 0.307. The van der Waals surface area contributed by atoms with Gasteiger partial charge in [-0.3, -0.25) is 4.79 Å². The van der Waals surface area contributed by atoms with Crippen molar-refractivity contribution < 1.29 is 9.53 Å². The molecule has 0 aromatic carbocycles. The summed E-state index contributed by atoms with van der Waals surface area (Å²) in [6.07, 6.45) is 6.44. The summed E-state index contributed by atoms with van der Waals surface area (Å²) in [6.45, 7) is 7.29. The number of hydrogen-bond donors (Lipinski definition) is 2. The Kier molecular flexibility index (Phi) is 5.22. The molecule has 0 radical (unpaired) electrons. The summed E-state index contributed by atoms with van der Waals surface area (Å²) < 4.78 is 5.44. The van der Waals surface area contributed by atoms with Crippen molar-refractivity contribution in [2.24, 2.45) is 11.3 Å². The lowest BCUT2D eigenvalue weighted by molar-refractivity contribution is -0.126. The normalized spacial score (nSPS) is 30.2. The third kappa shape index (κ3) is 3.93. The Bertz CT molecular complexity index is 301. The van der Waals surface area contributed by atoms with E-state index in [2.05, 4.69) is 24.5 Å². The van der Waals surface area contributed by atoms with Gasteiger partial charge >= 0.3 is 0 Å². The van der Waals surface area contributed by atoms with Crippen LogP contribution in [0.1, 0.15) is 46.0 Å². The monoisotopic (exact) mass is 268 g/mol. The number of carbonyl (C=O) groups excluding carboxylic acids is 1. The third-order valence-electron chi connectivity index (χ3n) is 4.63. The van der Waals surface area contributed by atoms with Gasteiger partial charge in [-0.25, -0.2) is 0 Å². The molecular weight excluding hydrogens is 240 g/mol. The third-order valence-corrected chi connectivity index (χ3v) is 4.63. The van der Waals surface area contributed by atoms with E-state index in [4.69, 9.17) is 4.74 Å². The first-order valence-electron chi connectivity index (χ1n) is 7.73. The summed E-state index contributed by atoms with van der Waals surface area (Å²) in [4.78, 5) is 12.3. The standard InChI is InChI=1S/C15H28N2O2/c1-3-16-13-10-19-9-12(13)14(18)17-11-15(2)7-5-4-6-8-15/h12-13,16H,3-11H2,1-2H3,(H,17,18). The van der Waals surface area contributed by atoms with E-state index in [1.54, 1.807) is 0 Å². The first-order valence-corrected chi connectivity index (χ1v) is 7.73. The number of ether oxygens (including phenoxy) is 1. The van der Waals surface area contributed by atoms with E-state index in [1.807, 2.05) is 0 Å². The van der Waals surface area contributed by atoms with Crippen LogP contribution in [0.4, 0.5) is 0 Å².